The van der Waals surface area contributed by atoms with E-state index in [-0.39, 0.29) is 5.78 Å². The number of carbonyl (C=O) groups is 1. The first-order valence-electron chi connectivity index (χ1n) is 3.30. The SMILES string of the molecule is CC(C)=O.Clc1ccccc1. The van der Waals surface area contributed by atoms with Gasteiger partial charge in [0.15, 0.2) is 0 Å². The highest BCUT2D eigenvalue weighted by molar-refractivity contribution is 6.30. The molecule has 0 unspecified atom stereocenters. The predicted molar refractivity (Wildman–Crippen MR) is 47.8 cm³/mol. The summed E-state index contributed by atoms with van der Waals surface area (Å²) in [5, 5.41) is 0.794. The molecule has 1 aromatic rings. The number of halogens is 1. The number of Topliss-reactive ketones (excluding diaryl/α,β-unsaturated/α-hetero) is 1. The molecule has 0 aliphatic carbocycles. The molecule has 0 aliphatic heterocycles. The zero-order chi connectivity index (χ0) is 8.69. The lowest BCUT2D eigenvalue weighted by molar-refractivity contribution is -0.114. The minimum atomic E-state index is 0.167. The van der Waals surface area contributed by atoms with Crippen LogP contribution in [-0.4, -0.2) is 5.78 Å². The molecule has 60 valence electrons. The molecule has 2 heteroatoms. The Morgan fingerprint density at radius 2 is 1.55 bits per heavy atom. The molecule has 0 atom stereocenters. The molecule has 0 amide bonds. The smallest absolute Gasteiger partial charge is 0.126 e. The van der Waals surface area contributed by atoms with E-state index >= 15 is 0 Å². The van der Waals surface area contributed by atoms with E-state index in [2.05, 4.69) is 0 Å². The van der Waals surface area contributed by atoms with Crippen LogP contribution in [0.2, 0.25) is 5.02 Å². The molecule has 0 spiro atoms. The first-order valence-corrected chi connectivity index (χ1v) is 3.68. The van der Waals surface area contributed by atoms with Gasteiger partial charge >= 0.3 is 0 Å². The van der Waals surface area contributed by atoms with Crippen molar-refractivity contribution in [2.24, 2.45) is 0 Å². The van der Waals surface area contributed by atoms with Gasteiger partial charge in [-0.15, -0.1) is 0 Å². The minimum absolute atomic E-state index is 0.167. The van der Waals surface area contributed by atoms with Gasteiger partial charge in [0.2, 0.25) is 0 Å². The molecule has 1 aromatic carbocycles. The highest BCUT2D eigenvalue weighted by Gasteiger charge is 1.74. The molecule has 0 radical (unpaired) electrons. The van der Waals surface area contributed by atoms with Crippen LogP contribution in [0, 0.1) is 0 Å². The molecule has 0 saturated carbocycles. The summed E-state index contributed by atoms with van der Waals surface area (Å²) in [7, 11) is 0. The summed E-state index contributed by atoms with van der Waals surface area (Å²) in [5.74, 6) is 0.167. The van der Waals surface area contributed by atoms with Gasteiger partial charge in [0.1, 0.15) is 5.78 Å². The van der Waals surface area contributed by atoms with Crippen LogP contribution in [0.3, 0.4) is 0 Å². The van der Waals surface area contributed by atoms with Gasteiger partial charge in [-0.25, -0.2) is 0 Å². The van der Waals surface area contributed by atoms with Crippen LogP contribution in [0.1, 0.15) is 13.8 Å². The van der Waals surface area contributed by atoms with E-state index in [0.29, 0.717) is 0 Å². The third kappa shape index (κ3) is 9.18. The second-order valence-corrected chi connectivity index (χ2v) is 2.64. The fourth-order valence-electron chi connectivity index (χ4n) is 0.415. The van der Waals surface area contributed by atoms with E-state index < -0.39 is 0 Å². The monoisotopic (exact) mass is 170 g/mol. The summed E-state index contributed by atoms with van der Waals surface area (Å²) in [6.45, 7) is 3.06. The van der Waals surface area contributed by atoms with Crippen LogP contribution < -0.4 is 0 Å². The second kappa shape index (κ2) is 5.93. The van der Waals surface area contributed by atoms with Crippen LogP contribution in [0.5, 0.6) is 0 Å². The minimum Gasteiger partial charge on any atom is -0.300 e. The lowest BCUT2D eigenvalue weighted by atomic mass is 10.4. The average Bonchev–Trinajstić information content (AvgIpc) is 1.87. The number of hydrogen-bond donors (Lipinski definition) is 0. The number of rotatable bonds is 0. The van der Waals surface area contributed by atoms with Crippen molar-refractivity contribution in [3.05, 3.63) is 35.4 Å². The maximum Gasteiger partial charge on any atom is 0.126 e. The van der Waals surface area contributed by atoms with E-state index in [0.717, 1.165) is 5.02 Å². The largest absolute Gasteiger partial charge is 0.300 e. The summed E-state index contributed by atoms with van der Waals surface area (Å²) in [5.41, 5.74) is 0. The van der Waals surface area contributed by atoms with Gasteiger partial charge in [0, 0.05) is 5.02 Å². The molecule has 0 aromatic heterocycles. The fraction of sp³-hybridized carbons (Fsp3) is 0.222. The van der Waals surface area contributed by atoms with Gasteiger partial charge in [-0.1, -0.05) is 29.8 Å². The Balaban J connectivity index is 0.000000218. The molecule has 11 heavy (non-hydrogen) atoms. The molecule has 1 rings (SSSR count). The van der Waals surface area contributed by atoms with Gasteiger partial charge in [-0.05, 0) is 26.0 Å². The lowest BCUT2D eigenvalue weighted by Crippen LogP contribution is -1.69. The van der Waals surface area contributed by atoms with Gasteiger partial charge in [0.05, 0.1) is 0 Å². The number of carbonyl (C=O) groups excluding carboxylic acids is 1. The van der Waals surface area contributed by atoms with Gasteiger partial charge in [-0.3, -0.25) is 0 Å². The molecule has 1 nitrogen and oxygen atoms in total. The fourth-order valence-corrected chi connectivity index (χ4v) is 0.560. The van der Waals surface area contributed by atoms with Crippen molar-refractivity contribution < 1.29 is 4.79 Å². The summed E-state index contributed by atoms with van der Waals surface area (Å²) < 4.78 is 0. The van der Waals surface area contributed by atoms with Crippen molar-refractivity contribution >= 4 is 17.4 Å². The normalized spacial score (nSPS) is 7.91. The highest BCUT2D eigenvalue weighted by atomic mass is 35.5. The molecule has 0 N–H and O–H groups in total. The van der Waals surface area contributed by atoms with Crippen molar-refractivity contribution in [2.75, 3.05) is 0 Å². The lowest BCUT2D eigenvalue weighted by Gasteiger charge is -1.80. The standard InChI is InChI=1S/C6H5Cl.C3H6O/c7-6-4-2-1-3-5-6;1-3(2)4/h1-5H;1-2H3. The number of hydrogen-bond acceptors (Lipinski definition) is 1. The molecular formula is C9H11ClO. The zero-order valence-electron chi connectivity index (χ0n) is 6.67. The van der Waals surface area contributed by atoms with E-state index in [1.165, 1.54) is 13.8 Å². The Labute approximate surface area is 72.0 Å². The maximum atomic E-state index is 9.44. The molecular weight excluding hydrogens is 160 g/mol. The highest BCUT2D eigenvalue weighted by Crippen LogP contribution is 2.03. The van der Waals surface area contributed by atoms with E-state index in [1.54, 1.807) is 0 Å². The zero-order valence-corrected chi connectivity index (χ0v) is 7.43. The Hall–Kier alpha value is -0.820. The first-order chi connectivity index (χ1) is 5.13. The van der Waals surface area contributed by atoms with Crippen molar-refractivity contribution in [1.82, 2.24) is 0 Å². The van der Waals surface area contributed by atoms with Gasteiger partial charge in [-0.2, -0.15) is 0 Å². The van der Waals surface area contributed by atoms with Gasteiger partial charge < -0.3 is 4.79 Å². The molecule has 0 aliphatic rings. The predicted octanol–water partition coefficient (Wildman–Crippen LogP) is 2.94. The topological polar surface area (TPSA) is 17.1 Å². The first kappa shape index (κ1) is 10.2. The van der Waals surface area contributed by atoms with Crippen LogP contribution in [0.4, 0.5) is 0 Å². The van der Waals surface area contributed by atoms with Gasteiger partial charge in [0.25, 0.3) is 0 Å². The van der Waals surface area contributed by atoms with Crippen molar-refractivity contribution in [3.8, 4) is 0 Å². The Morgan fingerprint density at radius 1 is 1.18 bits per heavy atom. The Morgan fingerprint density at radius 3 is 1.73 bits per heavy atom. The quantitative estimate of drug-likeness (QED) is 0.585. The van der Waals surface area contributed by atoms with E-state index in [1.807, 2.05) is 30.3 Å². The summed E-state index contributed by atoms with van der Waals surface area (Å²) in [4.78, 5) is 9.44. The van der Waals surface area contributed by atoms with E-state index in [9.17, 15) is 4.79 Å². The summed E-state index contributed by atoms with van der Waals surface area (Å²) in [6, 6.07) is 9.44. The molecule has 0 fully saturated rings. The van der Waals surface area contributed by atoms with Crippen molar-refractivity contribution in [1.29, 1.82) is 0 Å². The van der Waals surface area contributed by atoms with Crippen LogP contribution in [-0.2, 0) is 4.79 Å². The average molecular weight is 171 g/mol. The van der Waals surface area contributed by atoms with Crippen LogP contribution in [0.25, 0.3) is 0 Å². The summed E-state index contributed by atoms with van der Waals surface area (Å²) in [6.07, 6.45) is 0. The number of benzene rings is 1. The van der Waals surface area contributed by atoms with E-state index in [4.69, 9.17) is 11.6 Å². The van der Waals surface area contributed by atoms with Crippen molar-refractivity contribution in [2.45, 2.75) is 13.8 Å². The third-order valence-corrected chi connectivity index (χ3v) is 0.985. The molecule has 0 saturated heterocycles. The Kier molecular flexibility index (Phi) is 5.49. The molecule has 0 bridgehead atoms. The number of ketones is 1. The summed E-state index contributed by atoms with van der Waals surface area (Å²) >= 11 is 5.54. The van der Waals surface area contributed by atoms with Crippen LogP contribution in [0.15, 0.2) is 30.3 Å². The second-order valence-electron chi connectivity index (χ2n) is 2.20. The Bertz CT molecular complexity index is 202. The van der Waals surface area contributed by atoms with Crippen LogP contribution >= 0.6 is 11.6 Å². The van der Waals surface area contributed by atoms with Crippen molar-refractivity contribution in [3.63, 3.8) is 0 Å². The third-order valence-electron chi connectivity index (χ3n) is 0.733. The maximum absolute atomic E-state index is 9.44. The molecule has 0 heterocycles.